The van der Waals surface area contributed by atoms with E-state index in [9.17, 15) is 0 Å². The van der Waals surface area contributed by atoms with Crippen LogP contribution in [0.15, 0.2) is 23.4 Å². The Morgan fingerprint density at radius 3 is 2.94 bits per heavy atom. The van der Waals surface area contributed by atoms with Gasteiger partial charge in [0.05, 0.1) is 18.2 Å². The average molecular weight is 258 g/mol. The molecule has 0 radical (unpaired) electrons. The number of ether oxygens (including phenoxy) is 1. The van der Waals surface area contributed by atoms with Crippen molar-refractivity contribution in [3.63, 3.8) is 0 Å². The Morgan fingerprint density at radius 2 is 2.12 bits per heavy atom. The zero-order chi connectivity index (χ0) is 11.1. The highest BCUT2D eigenvalue weighted by Crippen LogP contribution is 2.37. The number of benzene rings is 1. The van der Waals surface area contributed by atoms with E-state index in [4.69, 9.17) is 32.8 Å². The third-order valence-electron chi connectivity index (χ3n) is 2.84. The molecule has 84 valence electrons. The zero-order valence-corrected chi connectivity index (χ0v) is 9.83. The molecule has 0 N–H and O–H groups in total. The van der Waals surface area contributed by atoms with E-state index in [1.165, 1.54) is 0 Å². The van der Waals surface area contributed by atoms with Crippen LogP contribution in [0.5, 0.6) is 0 Å². The molecule has 1 aromatic carbocycles. The molecule has 2 aliphatic rings. The number of oxime groups is 1. The molecule has 16 heavy (non-hydrogen) atoms. The fourth-order valence-corrected chi connectivity index (χ4v) is 2.53. The van der Waals surface area contributed by atoms with Crippen LogP contribution in [0, 0.1) is 5.92 Å². The summed E-state index contributed by atoms with van der Waals surface area (Å²) in [6.07, 6.45) is -0.183. The number of hydrogen-bond acceptors (Lipinski definition) is 3. The van der Waals surface area contributed by atoms with Crippen LogP contribution in [0.2, 0.25) is 10.0 Å². The van der Waals surface area contributed by atoms with Crippen LogP contribution in [0.4, 0.5) is 0 Å². The monoisotopic (exact) mass is 257 g/mol. The van der Waals surface area contributed by atoms with Crippen LogP contribution >= 0.6 is 23.2 Å². The first kappa shape index (κ1) is 10.4. The number of hydrogen-bond donors (Lipinski definition) is 0. The molecule has 0 amide bonds. The molecular formula is C11H9Cl2NO2. The predicted octanol–water partition coefficient (Wildman–Crippen LogP) is 3.07. The van der Waals surface area contributed by atoms with E-state index in [0.29, 0.717) is 23.3 Å². The minimum absolute atomic E-state index is 0.183. The Labute approximate surface area is 103 Å². The van der Waals surface area contributed by atoms with Gasteiger partial charge in [-0.3, -0.25) is 0 Å². The molecule has 0 spiro atoms. The van der Waals surface area contributed by atoms with Crippen molar-refractivity contribution >= 4 is 28.9 Å². The molecule has 2 atom stereocenters. The summed E-state index contributed by atoms with van der Waals surface area (Å²) < 4.78 is 5.69. The summed E-state index contributed by atoms with van der Waals surface area (Å²) in [5.41, 5.74) is 1.84. The maximum absolute atomic E-state index is 6.14. The van der Waals surface area contributed by atoms with Crippen molar-refractivity contribution in [2.24, 2.45) is 11.1 Å². The molecule has 3 rings (SSSR count). The van der Waals surface area contributed by atoms with Gasteiger partial charge in [-0.25, -0.2) is 0 Å². The lowest BCUT2D eigenvalue weighted by Gasteiger charge is -2.11. The van der Waals surface area contributed by atoms with Crippen molar-refractivity contribution in [2.45, 2.75) is 6.10 Å². The molecule has 5 heteroatoms. The third kappa shape index (κ3) is 1.59. The van der Waals surface area contributed by atoms with Gasteiger partial charge in [-0.05, 0) is 12.1 Å². The number of halogens is 2. The Kier molecular flexibility index (Phi) is 2.54. The van der Waals surface area contributed by atoms with E-state index in [1.807, 2.05) is 6.07 Å². The summed E-state index contributed by atoms with van der Waals surface area (Å²) in [5.74, 6) is 0.275. The fourth-order valence-electron chi connectivity index (χ4n) is 2.02. The molecule has 1 aromatic rings. The number of fused-ring (bicyclic) bond motifs is 1. The summed E-state index contributed by atoms with van der Waals surface area (Å²) >= 11 is 12.0. The lowest BCUT2D eigenvalue weighted by atomic mass is 9.99. The number of nitrogens with zero attached hydrogens (tertiary/aromatic N) is 1. The van der Waals surface area contributed by atoms with Crippen molar-refractivity contribution < 1.29 is 9.57 Å². The van der Waals surface area contributed by atoms with Gasteiger partial charge in [-0.1, -0.05) is 34.4 Å². The molecule has 2 aliphatic heterocycles. The number of rotatable bonds is 1. The highest BCUT2D eigenvalue weighted by Gasteiger charge is 2.39. The minimum atomic E-state index is -0.183. The van der Waals surface area contributed by atoms with Crippen LogP contribution in [0.25, 0.3) is 0 Å². The molecule has 3 nitrogen and oxygen atoms in total. The van der Waals surface area contributed by atoms with Crippen molar-refractivity contribution in [3.05, 3.63) is 33.8 Å². The summed E-state index contributed by atoms with van der Waals surface area (Å²) in [7, 11) is 0. The van der Waals surface area contributed by atoms with Gasteiger partial charge in [-0.15, -0.1) is 0 Å². The average Bonchev–Trinajstić information content (AvgIpc) is 2.80. The largest absolute Gasteiger partial charge is 0.395 e. The van der Waals surface area contributed by atoms with Gasteiger partial charge in [0.15, 0.2) is 0 Å². The van der Waals surface area contributed by atoms with E-state index in [0.717, 1.165) is 11.3 Å². The van der Waals surface area contributed by atoms with Crippen molar-refractivity contribution in [1.82, 2.24) is 0 Å². The van der Waals surface area contributed by atoms with E-state index in [1.54, 1.807) is 12.1 Å². The van der Waals surface area contributed by atoms with Crippen LogP contribution in [0.1, 0.15) is 11.7 Å². The normalized spacial score (nSPS) is 27.5. The maximum atomic E-state index is 6.14. The first-order valence-electron chi connectivity index (χ1n) is 5.02. The van der Waals surface area contributed by atoms with Gasteiger partial charge < -0.3 is 9.57 Å². The van der Waals surface area contributed by atoms with Gasteiger partial charge in [0.2, 0.25) is 0 Å². The van der Waals surface area contributed by atoms with Gasteiger partial charge in [0.25, 0.3) is 0 Å². The SMILES string of the molecule is Clc1ccc([C@H]2OC[C@@H]3CON=C32)c(Cl)c1. The van der Waals surface area contributed by atoms with Crippen LogP contribution in [-0.2, 0) is 9.57 Å². The summed E-state index contributed by atoms with van der Waals surface area (Å²) in [6.45, 7) is 1.25. The second-order valence-corrected chi connectivity index (χ2v) is 4.73. The second-order valence-electron chi connectivity index (χ2n) is 3.89. The molecular weight excluding hydrogens is 249 g/mol. The highest BCUT2D eigenvalue weighted by molar-refractivity contribution is 6.35. The lowest BCUT2D eigenvalue weighted by molar-refractivity contribution is 0.0793. The molecule has 0 unspecified atom stereocenters. The molecule has 0 bridgehead atoms. The first-order chi connectivity index (χ1) is 7.75. The van der Waals surface area contributed by atoms with E-state index < -0.39 is 0 Å². The maximum Gasteiger partial charge on any atom is 0.127 e. The van der Waals surface area contributed by atoms with Crippen molar-refractivity contribution in [2.75, 3.05) is 13.2 Å². The van der Waals surface area contributed by atoms with Gasteiger partial charge >= 0.3 is 0 Å². The molecule has 0 aromatic heterocycles. The van der Waals surface area contributed by atoms with Gasteiger partial charge in [-0.2, -0.15) is 0 Å². The van der Waals surface area contributed by atoms with Gasteiger partial charge in [0, 0.05) is 15.6 Å². The topological polar surface area (TPSA) is 30.8 Å². The van der Waals surface area contributed by atoms with E-state index >= 15 is 0 Å². The standard InChI is InChI=1S/C11H9Cl2NO2/c12-7-1-2-8(9(13)3-7)11-10-6(4-15-11)5-16-14-10/h1-3,6,11H,4-5H2/t6-,11-/m1/s1. The Hall–Kier alpha value is -0.770. The van der Waals surface area contributed by atoms with E-state index in [2.05, 4.69) is 5.16 Å². The Morgan fingerprint density at radius 1 is 1.25 bits per heavy atom. The molecule has 0 saturated carbocycles. The van der Waals surface area contributed by atoms with Crippen LogP contribution < -0.4 is 0 Å². The van der Waals surface area contributed by atoms with Crippen LogP contribution in [-0.4, -0.2) is 18.9 Å². The van der Waals surface area contributed by atoms with Gasteiger partial charge in [0.1, 0.15) is 12.7 Å². The van der Waals surface area contributed by atoms with Crippen molar-refractivity contribution in [1.29, 1.82) is 0 Å². The van der Waals surface area contributed by atoms with Crippen molar-refractivity contribution in [3.8, 4) is 0 Å². The molecule has 0 aliphatic carbocycles. The summed E-state index contributed by atoms with van der Waals surface area (Å²) in [5, 5.41) is 5.24. The first-order valence-corrected chi connectivity index (χ1v) is 5.77. The third-order valence-corrected chi connectivity index (χ3v) is 3.40. The fraction of sp³-hybridized carbons (Fsp3) is 0.364. The highest BCUT2D eigenvalue weighted by atomic mass is 35.5. The quantitative estimate of drug-likeness (QED) is 0.775. The van der Waals surface area contributed by atoms with E-state index in [-0.39, 0.29) is 12.0 Å². The smallest absolute Gasteiger partial charge is 0.127 e. The second kappa shape index (κ2) is 3.91. The van der Waals surface area contributed by atoms with Crippen LogP contribution in [0.3, 0.4) is 0 Å². The predicted molar refractivity (Wildman–Crippen MR) is 62.0 cm³/mol. The summed E-state index contributed by atoms with van der Waals surface area (Å²) in [6, 6.07) is 5.39. The minimum Gasteiger partial charge on any atom is -0.395 e. The molecule has 1 saturated heterocycles. The molecule has 1 fully saturated rings. The molecule has 2 heterocycles. The summed E-state index contributed by atoms with van der Waals surface area (Å²) in [4.78, 5) is 5.07. The lowest BCUT2D eigenvalue weighted by Crippen LogP contribution is -2.12. The zero-order valence-electron chi connectivity index (χ0n) is 8.32. The Balaban J connectivity index is 1.98. The Bertz CT molecular complexity index is 461.